The molecule has 0 aliphatic carbocycles. The van der Waals surface area contributed by atoms with Gasteiger partial charge in [0.1, 0.15) is 12.7 Å². The molecule has 0 radical (unpaired) electrons. The Bertz CT molecular complexity index is 714. The fourth-order valence-corrected chi connectivity index (χ4v) is 2.70. The second kappa shape index (κ2) is 21.8. The number of phosphoric ester groups is 1. The van der Waals surface area contributed by atoms with Gasteiger partial charge in [0.2, 0.25) is 0 Å². The van der Waals surface area contributed by atoms with Crippen molar-refractivity contribution >= 4 is 13.8 Å². The molecular weight excluding hydrogens is 443 g/mol. The maximum atomic E-state index is 11.5. The summed E-state index contributed by atoms with van der Waals surface area (Å²) in [6.07, 6.45) is 30.4. The molecule has 3 N–H and O–H groups in total. The SMILES string of the molecule is CC/C=C/C/C=C/C/C=C\C/C=C\C/C=C\C/C=C\CCC(=O)OC[C@@H](O)COP(=O)(O)O. The molecule has 0 bridgehead atoms. The number of phosphoric acid groups is 1. The van der Waals surface area contributed by atoms with E-state index in [1.807, 2.05) is 12.2 Å². The molecule has 0 aromatic carbocycles. The van der Waals surface area contributed by atoms with Gasteiger partial charge in [-0.3, -0.25) is 9.32 Å². The molecule has 7 nitrogen and oxygen atoms in total. The normalized spacial score (nSPS) is 14.2. The first-order chi connectivity index (χ1) is 15.8. The number of rotatable bonds is 19. The van der Waals surface area contributed by atoms with Gasteiger partial charge in [0.25, 0.3) is 0 Å². The van der Waals surface area contributed by atoms with Gasteiger partial charge in [-0.2, -0.15) is 0 Å². The van der Waals surface area contributed by atoms with Gasteiger partial charge in [0, 0.05) is 6.42 Å². The summed E-state index contributed by atoms with van der Waals surface area (Å²) in [5.41, 5.74) is 0. The monoisotopic (exact) mass is 482 g/mol. The number of carbonyl (C=O) groups excluding carboxylic acids is 1. The van der Waals surface area contributed by atoms with Crippen LogP contribution in [-0.4, -0.2) is 40.2 Å². The number of carbonyl (C=O) groups is 1. The Morgan fingerprint density at radius 3 is 1.61 bits per heavy atom. The van der Waals surface area contributed by atoms with Crippen LogP contribution in [0.4, 0.5) is 0 Å². The smallest absolute Gasteiger partial charge is 0.463 e. The molecule has 1 atom stereocenters. The highest BCUT2D eigenvalue weighted by molar-refractivity contribution is 7.46. The average Bonchev–Trinajstić information content (AvgIpc) is 2.77. The van der Waals surface area contributed by atoms with Crippen molar-refractivity contribution in [3.63, 3.8) is 0 Å². The molecule has 0 heterocycles. The second-order valence-electron chi connectivity index (χ2n) is 7.08. The van der Waals surface area contributed by atoms with Crippen LogP contribution < -0.4 is 0 Å². The van der Waals surface area contributed by atoms with E-state index in [9.17, 15) is 14.5 Å². The van der Waals surface area contributed by atoms with Gasteiger partial charge in [0.05, 0.1) is 6.61 Å². The first-order valence-corrected chi connectivity index (χ1v) is 12.8. The van der Waals surface area contributed by atoms with Gasteiger partial charge >= 0.3 is 13.8 Å². The van der Waals surface area contributed by atoms with E-state index in [1.54, 1.807) is 0 Å². The largest absolute Gasteiger partial charge is 0.469 e. The first kappa shape index (κ1) is 31.0. The molecule has 0 aromatic heterocycles. The molecular formula is C25H39O7P. The first-order valence-electron chi connectivity index (χ1n) is 11.3. The molecule has 0 aliphatic heterocycles. The van der Waals surface area contributed by atoms with Crippen molar-refractivity contribution in [2.75, 3.05) is 13.2 Å². The van der Waals surface area contributed by atoms with E-state index in [1.165, 1.54) is 0 Å². The zero-order chi connectivity index (χ0) is 24.6. The summed E-state index contributed by atoms with van der Waals surface area (Å²) in [5.74, 6) is -0.496. The lowest BCUT2D eigenvalue weighted by Crippen LogP contribution is -2.23. The zero-order valence-electron chi connectivity index (χ0n) is 19.5. The molecule has 0 aromatic rings. The van der Waals surface area contributed by atoms with Crippen LogP contribution in [0.1, 0.15) is 58.3 Å². The van der Waals surface area contributed by atoms with Crippen molar-refractivity contribution in [1.82, 2.24) is 0 Å². The van der Waals surface area contributed by atoms with Gasteiger partial charge in [-0.05, 0) is 44.9 Å². The highest BCUT2D eigenvalue weighted by Gasteiger charge is 2.17. The average molecular weight is 483 g/mol. The molecule has 33 heavy (non-hydrogen) atoms. The molecule has 186 valence electrons. The summed E-state index contributed by atoms with van der Waals surface area (Å²) in [6.45, 7) is 1.15. The number of aliphatic hydroxyl groups excluding tert-OH is 1. The third kappa shape index (κ3) is 26.1. The quantitative estimate of drug-likeness (QED) is 0.127. The van der Waals surface area contributed by atoms with Crippen molar-refractivity contribution < 1.29 is 33.5 Å². The van der Waals surface area contributed by atoms with Crippen molar-refractivity contribution in [3.8, 4) is 0 Å². The number of aliphatic hydroxyl groups is 1. The molecule has 0 saturated carbocycles. The zero-order valence-corrected chi connectivity index (χ0v) is 20.4. The Hall–Kier alpha value is -2.02. The Morgan fingerprint density at radius 1 is 0.758 bits per heavy atom. The standard InChI is InChI=1S/C25H39O7P/c1-2-3-4-5-6-7-8-9-10-11-12-13-14-15-16-17-18-19-20-21-25(27)31-22-24(26)23-32-33(28,29)30/h3-4,6-7,9-10,12-13,15-16,18-19,24,26H,2,5,8,11,14,17,20-23H2,1H3,(H2,28,29,30)/b4-3+,7-6+,10-9-,13-12-,16-15-,19-18-/t24-/m1/s1. The lowest BCUT2D eigenvalue weighted by atomic mass is 10.2. The van der Waals surface area contributed by atoms with E-state index in [2.05, 4.69) is 72.2 Å². The highest BCUT2D eigenvalue weighted by Crippen LogP contribution is 2.35. The molecule has 0 spiro atoms. The number of hydrogen-bond donors (Lipinski definition) is 3. The Morgan fingerprint density at radius 2 is 1.18 bits per heavy atom. The number of allylic oxidation sites excluding steroid dienone is 12. The van der Waals surface area contributed by atoms with Crippen LogP contribution in [0.3, 0.4) is 0 Å². The van der Waals surface area contributed by atoms with Crippen LogP contribution in [0.15, 0.2) is 72.9 Å². The van der Waals surface area contributed by atoms with E-state index in [-0.39, 0.29) is 13.0 Å². The van der Waals surface area contributed by atoms with Crippen LogP contribution in [-0.2, 0) is 18.6 Å². The maximum absolute atomic E-state index is 11.5. The lowest BCUT2D eigenvalue weighted by Gasteiger charge is -2.11. The molecule has 0 rings (SSSR count). The van der Waals surface area contributed by atoms with Gasteiger partial charge in [-0.1, -0.05) is 79.8 Å². The highest BCUT2D eigenvalue weighted by atomic mass is 31.2. The van der Waals surface area contributed by atoms with Crippen LogP contribution >= 0.6 is 7.82 Å². The number of ether oxygens (including phenoxy) is 1. The van der Waals surface area contributed by atoms with Crippen molar-refractivity contribution in [3.05, 3.63) is 72.9 Å². The molecule has 0 unspecified atom stereocenters. The van der Waals surface area contributed by atoms with Gasteiger partial charge in [-0.25, -0.2) is 4.57 Å². The van der Waals surface area contributed by atoms with Crippen molar-refractivity contribution in [2.45, 2.75) is 64.4 Å². The topological polar surface area (TPSA) is 113 Å². The Kier molecular flexibility index (Phi) is 20.5. The Labute approximate surface area is 198 Å². The van der Waals surface area contributed by atoms with Gasteiger partial charge < -0.3 is 19.6 Å². The summed E-state index contributed by atoms with van der Waals surface area (Å²) >= 11 is 0. The number of hydrogen-bond acceptors (Lipinski definition) is 5. The fraction of sp³-hybridized carbons (Fsp3) is 0.480. The Balaban J connectivity index is 3.67. The predicted octanol–water partition coefficient (Wildman–Crippen LogP) is 5.48. The van der Waals surface area contributed by atoms with Crippen LogP contribution in [0, 0.1) is 0 Å². The second-order valence-corrected chi connectivity index (χ2v) is 8.32. The lowest BCUT2D eigenvalue weighted by molar-refractivity contribution is -0.147. The van der Waals surface area contributed by atoms with E-state index < -0.39 is 26.5 Å². The predicted molar refractivity (Wildman–Crippen MR) is 132 cm³/mol. The molecule has 8 heteroatoms. The minimum Gasteiger partial charge on any atom is -0.463 e. The third-order valence-corrected chi connectivity index (χ3v) is 4.47. The van der Waals surface area contributed by atoms with Crippen molar-refractivity contribution in [1.29, 1.82) is 0 Å². The maximum Gasteiger partial charge on any atom is 0.469 e. The summed E-state index contributed by atoms with van der Waals surface area (Å²) in [4.78, 5) is 28.6. The minimum absolute atomic E-state index is 0.161. The number of esters is 1. The van der Waals surface area contributed by atoms with E-state index >= 15 is 0 Å². The van der Waals surface area contributed by atoms with E-state index in [0.29, 0.717) is 6.42 Å². The van der Waals surface area contributed by atoms with Crippen LogP contribution in [0.2, 0.25) is 0 Å². The minimum atomic E-state index is -4.64. The van der Waals surface area contributed by atoms with Gasteiger partial charge in [0.15, 0.2) is 0 Å². The van der Waals surface area contributed by atoms with E-state index in [4.69, 9.17) is 14.5 Å². The summed E-state index contributed by atoms with van der Waals surface area (Å²) in [6, 6.07) is 0. The summed E-state index contributed by atoms with van der Waals surface area (Å²) in [7, 11) is -4.64. The van der Waals surface area contributed by atoms with Crippen LogP contribution in [0.5, 0.6) is 0 Å². The van der Waals surface area contributed by atoms with Crippen LogP contribution in [0.25, 0.3) is 0 Å². The summed E-state index contributed by atoms with van der Waals surface area (Å²) in [5, 5.41) is 9.42. The molecule has 0 fully saturated rings. The molecule has 0 amide bonds. The molecule has 0 saturated heterocycles. The summed E-state index contributed by atoms with van der Waals surface area (Å²) < 4.78 is 19.4. The molecule has 0 aliphatic rings. The fourth-order valence-electron chi connectivity index (χ4n) is 2.33. The third-order valence-electron chi connectivity index (χ3n) is 3.98. The van der Waals surface area contributed by atoms with Gasteiger partial charge in [-0.15, -0.1) is 0 Å². The van der Waals surface area contributed by atoms with Crippen molar-refractivity contribution in [2.24, 2.45) is 0 Å². The van der Waals surface area contributed by atoms with E-state index in [0.717, 1.165) is 38.5 Å².